The van der Waals surface area contributed by atoms with Gasteiger partial charge in [0.25, 0.3) is 0 Å². The Morgan fingerprint density at radius 1 is 0.387 bits per heavy atom. The molecule has 3 aliphatic heterocycles. The molecule has 548 valence electrons. The van der Waals surface area contributed by atoms with Gasteiger partial charge >= 0.3 is 0 Å². The summed E-state index contributed by atoms with van der Waals surface area (Å²) >= 11 is 0. The monoisotopic (exact) mass is 1330 g/mol. The molecule has 1 amide bonds. The van der Waals surface area contributed by atoms with E-state index in [9.17, 15) is 61.0 Å². The van der Waals surface area contributed by atoms with Crippen molar-refractivity contribution < 1.29 is 89.4 Å². The zero-order valence-electron chi connectivity index (χ0n) is 58.3. The summed E-state index contributed by atoms with van der Waals surface area (Å²) in [5.74, 6) is -0.241. The van der Waals surface area contributed by atoms with E-state index in [0.717, 1.165) is 64.2 Å². The van der Waals surface area contributed by atoms with Crippen LogP contribution in [0.5, 0.6) is 0 Å². The molecule has 0 spiro atoms. The van der Waals surface area contributed by atoms with E-state index in [4.69, 9.17) is 28.4 Å². The smallest absolute Gasteiger partial charge is 0.220 e. The van der Waals surface area contributed by atoms with E-state index in [0.29, 0.717) is 12.8 Å². The van der Waals surface area contributed by atoms with Crippen LogP contribution in [0, 0.1) is 0 Å². The van der Waals surface area contributed by atoms with Crippen LogP contribution in [0.15, 0.2) is 24.3 Å². The minimum absolute atomic E-state index is 0.241. The van der Waals surface area contributed by atoms with Crippen molar-refractivity contribution in [2.24, 2.45) is 0 Å². The van der Waals surface area contributed by atoms with Gasteiger partial charge in [0.1, 0.15) is 73.2 Å². The van der Waals surface area contributed by atoms with Crippen molar-refractivity contribution in [3.05, 3.63) is 24.3 Å². The van der Waals surface area contributed by atoms with Crippen LogP contribution in [-0.2, 0) is 33.2 Å². The maximum Gasteiger partial charge on any atom is 0.220 e. The van der Waals surface area contributed by atoms with Crippen molar-refractivity contribution in [3.8, 4) is 0 Å². The van der Waals surface area contributed by atoms with Gasteiger partial charge in [0, 0.05) is 6.42 Å². The number of unbranched alkanes of at least 4 members (excludes halogenated alkanes) is 40. The predicted molar refractivity (Wildman–Crippen MR) is 365 cm³/mol. The van der Waals surface area contributed by atoms with E-state index in [1.165, 1.54) is 212 Å². The molecule has 3 rings (SSSR count). The van der Waals surface area contributed by atoms with Gasteiger partial charge in [-0.3, -0.25) is 4.79 Å². The average Bonchev–Trinajstić information content (AvgIpc) is 0.798. The molecular weight excluding hydrogens is 1190 g/mol. The first kappa shape index (κ1) is 85.5. The number of aliphatic hydroxyl groups excluding tert-OH is 11. The van der Waals surface area contributed by atoms with Gasteiger partial charge in [0.2, 0.25) is 5.91 Å². The molecule has 0 aliphatic carbocycles. The van der Waals surface area contributed by atoms with Gasteiger partial charge in [-0.15, -0.1) is 0 Å². The molecule has 3 saturated heterocycles. The number of nitrogens with one attached hydrogen (secondary N) is 1. The molecule has 0 aromatic heterocycles. The van der Waals surface area contributed by atoms with E-state index in [-0.39, 0.29) is 18.9 Å². The van der Waals surface area contributed by atoms with E-state index in [1.807, 2.05) is 0 Å². The minimum Gasteiger partial charge on any atom is -0.394 e. The number of aliphatic hydroxyl groups is 11. The molecule has 3 fully saturated rings. The Balaban J connectivity index is 1.21. The molecule has 19 nitrogen and oxygen atoms in total. The van der Waals surface area contributed by atoms with Crippen LogP contribution < -0.4 is 5.32 Å². The lowest BCUT2D eigenvalue weighted by Crippen LogP contribution is -2.66. The maximum absolute atomic E-state index is 13.3. The summed E-state index contributed by atoms with van der Waals surface area (Å²) in [7, 11) is 0. The van der Waals surface area contributed by atoms with E-state index >= 15 is 0 Å². The third kappa shape index (κ3) is 37.3. The molecule has 19 heteroatoms. The number of ether oxygens (including phenoxy) is 6. The predicted octanol–water partition coefficient (Wildman–Crippen LogP) is 11.4. The summed E-state index contributed by atoms with van der Waals surface area (Å²) < 4.78 is 34.3. The van der Waals surface area contributed by atoms with Gasteiger partial charge in [-0.25, -0.2) is 0 Å². The van der Waals surface area contributed by atoms with Crippen molar-refractivity contribution in [2.75, 3.05) is 26.4 Å². The van der Waals surface area contributed by atoms with Gasteiger partial charge in [0.15, 0.2) is 18.9 Å². The molecule has 12 N–H and O–H groups in total. The molecule has 17 atom stereocenters. The third-order valence-corrected chi connectivity index (χ3v) is 19.3. The second kappa shape index (κ2) is 56.1. The van der Waals surface area contributed by atoms with Crippen LogP contribution >= 0.6 is 0 Å². The minimum atomic E-state index is -1.97. The normalized spacial score (nSPS) is 27.6. The SMILES string of the molecule is CCCCCCC/C=C\C/C=C\CCCCCCCCCCCCCCCCCCCCCCCCCCCCCCCC(=O)NC(COC1OC(CO)C(OC2OC(CO)C(OC3OC(CO)C(O)C(O)C3O)C(O)C2O)C(O)C1O)C(O)CCCCCCCCC. The highest BCUT2D eigenvalue weighted by atomic mass is 16.8. The fraction of sp³-hybridized carbons (Fsp3) is 0.932. The molecule has 0 bridgehead atoms. The van der Waals surface area contributed by atoms with Gasteiger partial charge in [-0.2, -0.15) is 0 Å². The number of amides is 1. The summed E-state index contributed by atoms with van der Waals surface area (Å²) in [6, 6.07) is -0.881. The van der Waals surface area contributed by atoms with E-state index < -0.39 is 124 Å². The van der Waals surface area contributed by atoms with Crippen LogP contribution in [0.1, 0.15) is 309 Å². The van der Waals surface area contributed by atoms with Gasteiger partial charge in [-0.05, 0) is 44.9 Å². The zero-order valence-corrected chi connectivity index (χ0v) is 58.3. The first-order chi connectivity index (χ1) is 45.3. The second-order valence-corrected chi connectivity index (χ2v) is 27.5. The molecule has 93 heavy (non-hydrogen) atoms. The van der Waals surface area contributed by atoms with Crippen LogP contribution in [0.25, 0.3) is 0 Å². The summed E-state index contributed by atoms with van der Waals surface area (Å²) in [6.07, 6.45) is 39.4. The molecule has 17 unspecified atom stereocenters. The lowest BCUT2D eigenvalue weighted by molar-refractivity contribution is -0.379. The molecule has 0 aromatic rings. The molecular formula is C74H139NO18. The molecule has 0 radical (unpaired) electrons. The Morgan fingerprint density at radius 3 is 1.10 bits per heavy atom. The Labute approximate surface area is 562 Å². The van der Waals surface area contributed by atoms with Crippen molar-refractivity contribution >= 4 is 5.91 Å². The average molecular weight is 1330 g/mol. The largest absolute Gasteiger partial charge is 0.394 e. The quantitative estimate of drug-likeness (QED) is 0.0199. The molecule has 0 aromatic carbocycles. The van der Waals surface area contributed by atoms with Gasteiger partial charge < -0.3 is 89.9 Å². The van der Waals surface area contributed by atoms with Crippen LogP contribution in [0.3, 0.4) is 0 Å². The van der Waals surface area contributed by atoms with Crippen LogP contribution in [-0.4, -0.2) is 193 Å². The second-order valence-electron chi connectivity index (χ2n) is 27.5. The van der Waals surface area contributed by atoms with Crippen molar-refractivity contribution in [1.82, 2.24) is 5.32 Å². The fourth-order valence-electron chi connectivity index (χ4n) is 13.1. The highest BCUT2D eigenvalue weighted by Crippen LogP contribution is 2.33. The van der Waals surface area contributed by atoms with E-state index in [1.54, 1.807) is 0 Å². The van der Waals surface area contributed by atoms with E-state index in [2.05, 4.69) is 43.5 Å². The Bertz CT molecular complexity index is 1780. The highest BCUT2D eigenvalue weighted by molar-refractivity contribution is 5.76. The fourth-order valence-corrected chi connectivity index (χ4v) is 13.1. The zero-order chi connectivity index (χ0) is 67.5. The first-order valence-corrected chi connectivity index (χ1v) is 38.1. The summed E-state index contributed by atoms with van der Waals surface area (Å²) in [6.45, 7) is 1.75. The Kier molecular flexibility index (Phi) is 51.5. The highest BCUT2D eigenvalue weighted by Gasteiger charge is 2.53. The molecule has 0 saturated carbocycles. The topological polar surface area (TPSA) is 307 Å². The van der Waals surface area contributed by atoms with Crippen molar-refractivity contribution in [2.45, 2.75) is 413 Å². The Morgan fingerprint density at radius 2 is 0.710 bits per heavy atom. The summed E-state index contributed by atoms with van der Waals surface area (Å²) in [5, 5.41) is 120. The van der Waals surface area contributed by atoms with Gasteiger partial charge in [0.05, 0.1) is 38.6 Å². The first-order valence-electron chi connectivity index (χ1n) is 38.1. The standard InChI is InChI=1S/C74H139NO18/c1-3-5-7-9-11-12-13-14-15-16-17-18-19-20-21-22-23-24-25-26-27-28-29-30-31-32-33-34-35-36-37-38-39-40-41-42-43-44-46-48-50-52-62(80)75-57(58(79)51-49-47-45-10-8-6-4-2)56-88-72-68(86)65(83)70(60(54-77)90-72)93-74-69(87)66(84)71(61(55-78)91-74)92-73-67(85)64(82)63(81)59(53-76)89-73/h13-14,16-17,57-61,63-74,76-79,81-87H,3-12,15,18-56H2,1-2H3,(H,75,80)/b14-13-,17-16-. The van der Waals surface area contributed by atoms with Crippen molar-refractivity contribution in [3.63, 3.8) is 0 Å². The van der Waals surface area contributed by atoms with Gasteiger partial charge in [-0.1, -0.05) is 282 Å². The van der Waals surface area contributed by atoms with Crippen molar-refractivity contribution in [1.29, 1.82) is 0 Å². The number of allylic oxidation sites excluding steroid dienone is 4. The summed E-state index contributed by atoms with van der Waals surface area (Å²) in [4.78, 5) is 13.3. The maximum atomic E-state index is 13.3. The number of carbonyl (C=O) groups is 1. The lowest BCUT2D eigenvalue weighted by atomic mass is 9.96. The number of carbonyl (C=O) groups excluding carboxylic acids is 1. The number of hydrogen-bond acceptors (Lipinski definition) is 18. The molecule has 3 aliphatic rings. The van der Waals surface area contributed by atoms with Crippen LogP contribution in [0.2, 0.25) is 0 Å². The third-order valence-electron chi connectivity index (χ3n) is 19.3. The van der Waals surface area contributed by atoms with Crippen LogP contribution in [0.4, 0.5) is 0 Å². The number of hydrogen-bond donors (Lipinski definition) is 12. The number of rotatable bonds is 60. The summed E-state index contributed by atoms with van der Waals surface area (Å²) in [5.41, 5.74) is 0. The Hall–Kier alpha value is -1.73. The lowest BCUT2D eigenvalue weighted by Gasteiger charge is -2.48. The molecule has 3 heterocycles.